The molecule has 0 saturated carbocycles. The van der Waals surface area contributed by atoms with E-state index in [1.165, 1.54) is 0 Å². The summed E-state index contributed by atoms with van der Waals surface area (Å²) >= 11 is 2.65. The molecular weight excluding hydrogens is 418 g/mol. The molecule has 154 valence electrons. The molecule has 30 heavy (non-hydrogen) atoms. The number of aromatic hydroxyl groups is 1. The Balaban J connectivity index is 1.28. The van der Waals surface area contributed by atoms with Gasteiger partial charge in [0.25, 0.3) is 0 Å². The summed E-state index contributed by atoms with van der Waals surface area (Å²) in [5, 5.41) is 12.7. The van der Waals surface area contributed by atoms with Crippen LogP contribution in [0.5, 0.6) is 11.6 Å². The Hall–Kier alpha value is -3.10. The molecule has 0 unspecified atom stereocenters. The van der Waals surface area contributed by atoms with Crippen molar-refractivity contribution in [2.45, 2.75) is 6.42 Å². The molecule has 0 fully saturated rings. The lowest BCUT2D eigenvalue weighted by atomic mass is 10.1. The number of likely N-dealkylation sites (N-methyl/N-ethyl adjacent to an activating group) is 1. The highest BCUT2D eigenvalue weighted by atomic mass is 32.1. The largest absolute Gasteiger partial charge is 0.494 e. The average molecular weight is 440 g/mol. The van der Waals surface area contributed by atoms with Crippen molar-refractivity contribution in [1.82, 2.24) is 9.97 Å². The van der Waals surface area contributed by atoms with Crippen LogP contribution in [-0.2, 0) is 6.42 Å². The Morgan fingerprint density at radius 3 is 2.60 bits per heavy atom. The molecule has 0 aliphatic rings. The van der Waals surface area contributed by atoms with E-state index in [9.17, 15) is 9.90 Å². The molecule has 2 N–H and O–H groups in total. The molecule has 0 spiro atoms. The van der Waals surface area contributed by atoms with E-state index in [-0.39, 0.29) is 10.8 Å². The zero-order valence-corrected chi connectivity index (χ0v) is 18.0. The highest BCUT2D eigenvalue weighted by Crippen LogP contribution is 2.26. The number of rotatable bonds is 8. The number of nitrogens with one attached hydrogen (secondary N) is 1. The lowest BCUT2D eigenvalue weighted by molar-refractivity contribution is 0.326. The third-order valence-electron chi connectivity index (χ3n) is 4.57. The number of aromatic nitrogens is 2. The molecule has 6 nitrogen and oxygen atoms in total. The van der Waals surface area contributed by atoms with Gasteiger partial charge in [0.1, 0.15) is 12.4 Å². The van der Waals surface area contributed by atoms with Crippen LogP contribution >= 0.6 is 22.7 Å². The molecule has 0 bridgehead atoms. The Morgan fingerprint density at radius 1 is 1.13 bits per heavy atom. The number of benzene rings is 2. The summed E-state index contributed by atoms with van der Waals surface area (Å²) in [6.07, 6.45) is 0.506. The summed E-state index contributed by atoms with van der Waals surface area (Å²) in [4.78, 5) is 20.8. The summed E-state index contributed by atoms with van der Waals surface area (Å²) in [5.41, 5.74) is 3.10. The highest BCUT2D eigenvalue weighted by molar-refractivity contribution is 7.14. The SMILES string of the molecule is CN(CCOc1ccc(Cc2sc(=O)[nH]c2O)cc1)c1nc(-c2ccccc2)cs1. The Labute approximate surface area is 182 Å². The predicted octanol–water partition coefficient (Wildman–Crippen LogP) is 4.37. The van der Waals surface area contributed by atoms with Crippen molar-refractivity contribution >= 4 is 27.8 Å². The third kappa shape index (κ3) is 4.90. The van der Waals surface area contributed by atoms with Gasteiger partial charge in [0.2, 0.25) is 5.88 Å². The molecule has 0 amide bonds. The standard InChI is InChI=1S/C22H21N3O3S2/c1-25(21-23-18(14-29-21)16-5-3-2-4-6-16)11-12-28-17-9-7-15(8-10-17)13-19-20(26)24-22(27)30-19/h2-10,14,26H,11-13H2,1H3,(H,24,27). The maximum Gasteiger partial charge on any atom is 0.307 e. The van der Waals surface area contributed by atoms with E-state index < -0.39 is 0 Å². The lowest BCUT2D eigenvalue weighted by Gasteiger charge is -2.16. The molecule has 4 rings (SSSR count). The van der Waals surface area contributed by atoms with E-state index in [1.807, 2.05) is 49.5 Å². The molecule has 0 atom stereocenters. The van der Waals surface area contributed by atoms with Crippen LogP contribution in [0.3, 0.4) is 0 Å². The maximum absolute atomic E-state index is 11.3. The Morgan fingerprint density at radius 2 is 1.90 bits per heavy atom. The van der Waals surface area contributed by atoms with Crippen LogP contribution in [0.4, 0.5) is 5.13 Å². The molecule has 2 heterocycles. The monoisotopic (exact) mass is 439 g/mol. The Bertz CT molecular complexity index is 1150. The van der Waals surface area contributed by atoms with Crippen LogP contribution in [-0.4, -0.2) is 35.3 Å². The fraction of sp³-hybridized carbons (Fsp3) is 0.182. The molecule has 0 aliphatic heterocycles. The van der Waals surface area contributed by atoms with Crippen molar-refractivity contribution in [3.05, 3.63) is 80.1 Å². The fourth-order valence-electron chi connectivity index (χ4n) is 2.94. The molecule has 4 aromatic rings. The minimum Gasteiger partial charge on any atom is -0.494 e. The Kier molecular flexibility index (Phi) is 6.15. The second-order valence-corrected chi connectivity index (χ2v) is 8.66. The first-order valence-electron chi connectivity index (χ1n) is 9.43. The number of hydrogen-bond donors (Lipinski definition) is 2. The van der Waals surface area contributed by atoms with Gasteiger partial charge in [0, 0.05) is 24.4 Å². The summed E-state index contributed by atoms with van der Waals surface area (Å²) in [6.45, 7) is 1.25. The van der Waals surface area contributed by atoms with Gasteiger partial charge in [-0.25, -0.2) is 4.98 Å². The molecule has 0 aliphatic carbocycles. The normalized spacial score (nSPS) is 10.8. The predicted molar refractivity (Wildman–Crippen MR) is 122 cm³/mol. The minimum atomic E-state index is -0.248. The second kappa shape index (κ2) is 9.15. The van der Waals surface area contributed by atoms with E-state index in [4.69, 9.17) is 9.72 Å². The van der Waals surface area contributed by atoms with Crippen molar-refractivity contribution in [1.29, 1.82) is 0 Å². The number of anilines is 1. The van der Waals surface area contributed by atoms with Crippen LogP contribution in [0.15, 0.2) is 64.8 Å². The number of nitrogens with zero attached hydrogens (tertiary/aromatic N) is 2. The first-order chi connectivity index (χ1) is 14.6. The number of thiazole rings is 2. The summed E-state index contributed by atoms with van der Waals surface area (Å²) in [6, 6.07) is 17.8. The topological polar surface area (TPSA) is 78.5 Å². The van der Waals surface area contributed by atoms with E-state index in [2.05, 4.69) is 27.4 Å². The molecule has 2 aromatic heterocycles. The van der Waals surface area contributed by atoms with Crippen LogP contribution in [0.2, 0.25) is 0 Å². The number of H-pyrrole nitrogens is 1. The highest BCUT2D eigenvalue weighted by Gasteiger charge is 2.10. The van der Waals surface area contributed by atoms with Crippen LogP contribution < -0.4 is 14.5 Å². The summed E-state index contributed by atoms with van der Waals surface area (Å²) in [7, 11) is 2.01. The molecule has 0 saturated heterocycles. The van der Waals surface area contributed by atoms with Gasteiger partial charge in [-0.3, -0.25) is 9.78 Å². The van der Waals surface area contributed by atoms with E-state index >= 15 is 0 Å². The molecule has 2 aromatic carbocycles. The zero-order valence-electron chi connectivity index (χ0n) is 16.4. The lowest BCUT2D eigenvalue weighted by Crippen LogP contribution is -2.23. The van der Waals surface area contributed by atoms with Gasteiger partial charge in [0.15, 0.2) is 5.13 Å². The number of aromatic amines is 1. The van der Waals surface area contributed by atoms with Crippen molar-refractivity contribution in [2.75, 3.05) is 25.1 Å². The smallest absolute Gasteiger partial charge is 0.307 e. The van der Waals surface area contributed by atoms with Gasteiger partial charge < -0.3 is 14.7 Å². The van der Waals surface area contributed by atoms with Crippen molar-refractivity contribution < 1.29 is 9.84 Å². The molecule has 0 radical (unpaired) electrons. The first kappa shape index (κ1) is 20.2. The van der Waals surface area contributed by atoms with Gasteiger partial charge in [-0.05, 0) is 17.7 Å². The summed E-state index contributed by atoms with van der Waals surface area (Å²) < 4.78 is 5.85. The minimum absolute atomic E-state index is 0.0500. The third-order valence-corrected chi connectivity index (χ3v) is 6.40. The number of hydrogen-bond acceptors (Lipinski definition) is 7. The first-order valence-corrected chi connectivity index (χ1v) is 11.1. The quantitative estimate of drug-likeness (QED) is 0.426. The maximum atomic E-state index is 11.3. The van der Waals surface area contributed by atoms with Crippen molar-refractivity contribution in [2.24, 2.45) is 0 Å². The average Bonchev–Trinajstić information content (AvgIpc) is 3.37. The van der Waals surface area contributed by atoms with Crippen molar-refractivity contribution in [3.8, 4) is 22.9 Å². The second-order valence-electron chi connectivity index (χ2n) is 6.76. The zero-order chi connectivity index (χ0) is 20.9. The van der Waals surface area contributed by atoms with Gasteiger partial charge in [0.05, 0.1) is 17.1 Å². The van der Waals surface area contributed by atoms with Gasteiger partial charge in [-0.2, -0.15) is 0 Å². The molecule has 8 heteroatoms. The van der Waals surface area contributed by atoms with Crippen molar-refractivity contribution in [3.63, 3.8) is 0 Å². The number of ether oxygens (including phenoxy) is 1. The van der Waals surface area contributed by atoms with Gasteiger partial charge in [-0.15, -0.1) is 11.3 Å². The summed E-state index contributed by atoms with van der Waals surface area (Å²) in [5.74, 6) is 0.730. The molecular formula is C22H21N3O3S2. The van der Waals surface area contributed by atoms with E-state index in [0.29, 0.717) is 24.4 Å². The van der Waals surface area contributed by atoms with Crippen LogP contribution in [0.25, 0.3) is 11.3 Å². The van der Waals surface area contributed by atoms with Gasteiger partial charge in [-0.1, -0.05) is 53.8 Å². The van der Waals surface area contributed by atoms with Crippen LogP contribution in [0, 0.1) is 0 Å². The van der Waals surface area contributed by atoms with Crippen LogP contribution in [0.1, 0.15) is 10.4 Å². The fourth-order valence-corrected chi connectivity index (χ4v) is 4.52. The van der Waals surface area contributed by atoms with E-state index in [1.54, 1.807) is 11.3 Å². The van der Waals surface area contributed by atoms with E-state index in [0.717, 1.165) is 39.0 Å². The van der Waals surface area contributed by atoms with Gasteiger partial charge >= 0.3 is 4.87 Å².